The van der Waals surface area contributed by atoms with Gasteiger partial charge >= 0.3 is 0 Å². The summed E-state index contributed by atoms with van der Waals surface area (Å²) in [6.45, 7) is 6.31. The van der Waals surface area contributed by atoms with Crippen molar-refractivity contribution in [2.45, 2.75) is 33.1 Å². The van der Waals surface area contributed by atoms with E-state index in [1.807, 2.05) is 37.3 Å². The fraction of sp³-hybridized carbons (Fsp3) is 0.316. The number of rotatable bonds is 5. The zero-order valence-electron chi connectivity index (χ0n) is 13.1. The maximum atomic E-state index is 12.5. The quantitative estimate of drug-likeness (QED) is 0.752. The Hall–Kier alpha value is -2.09. The van der Waals surface area contributed by atoms with Gasteiger partial charge in [-0.15, -0.1) is 0 Å². The summed E-state index contributed by atoms with van der Waals surface area (Å²) in [5.74, 6) is 1.24. The highest BCUT2D eigenvalue weighted by Gasteiger charge is 2.13. The number of aryl methyl sites for hydroxylation is 1. The predicted octanol–water partition coefficient (Wildman–Crippen LogP) is 4.55. The van der Waals surface area contributed by atoms with Gasteiger partial charge in [-0.3, -0.25) is 4.79 Å². The minimum Gasteiger partial charge on any atom is -0.496 e. The van der Waals surface area contributed by atoms with Gasteiger partial charge in [-0.25, -0.2) is 0 Å². The van der Waals surface area contributed by atoms with E-state index in [-0.39, 0.29) is 5.78 Å². The average Bonchev–Trinajstić information content (AvgIpc) is 2.47. The van der Waals surface area contributed by atoms with Crippen LogP contribution >= 0.6 is 0 Å². The molecule has 0 radical (unpaired) electrons. The summed E-state index contributed by atoms with van der Waals surface area (Å²) in [5, 5.41) is 0. The van der Waals surface area contributed by atoms with Gasteiger partial charge in [0.2, 0.25) is 0 Å². The van der Waals surface area contributed by atoms with E-state index in [9.17, 15) is 4.79 Å². The number of ketones is 1. The molecule has 2 rings (SSSR count). The smallest absolute Gasteiger partial charge is 0.170 e. The normalized spacial score (nSPS) is 10.7. The molecule has 0 atom stereocenters. The van der Waals surface area contributed by atoms with Gasteiger partial charge < -0.3 is 4.74 Å². The van der Waals surface area contributed by atoms with Gasteiger partial charge in [0.1, 0.15) is 5.75 Å². The summed E-state index contributed by atoms with van der Waals surface area (Å²) in [7, 11) is 1.60. The van der Waals surface area contributed by atoms with Crippen LogP contribution in [0.4, 0.5) is 0 Å². The lowest BCUT2D eigenvalue weighted by atomic mass is 9.97. The van der Waals surface area contributed by atoms with E-state index in [1.165, 1.54) is 5.56 Å². The maximum Gasteiger partial charge on any atom is 0.170 e. The zero-order valence-corrected chi connectivity index (χ0v) is 13.1. The van der Waals surface area contributed by atoms with E-state index in [2.05, 4.69) is 26.0 Å². The Morgan fingerprint density at radius 2 is 1.76 bits per heavy atom. The highest BCUT2D eigenvalue weighted by molar-refractivity contribution is 6.00. The second-order valence-corrected chi connectivity index (χ2v) is 5.70. The molecule has 21 heavy (non-hydrogen) atoms. The van der Waals surface area contributed by atoms with E-state index in [0.717, 1.165) is 11.1 Å². The second kappa shape index (κ2) is 6.57. The third kappa shape index (κ3) is 3.72. The van der Waals surface area contributed by atoms with Crippen molar-refractivity contribution in [2.24, 2.45) is 0 Å². The number of benzene rings is 2. The van der Waals surface area contributed by atoms with Crippen LogP contribution in [0.1, 0.15) is 46.8 Å². The lowest BCUT2D eigenvalue weighted by Crippen LogP contribution is -2.06. The van der Waals surface area contributed by atoms with Crippen LogP contribution in [-0.2, 0) is 6.42 Å². The molecule has 0 amide bonds. The van der Waals surface area contributed by atoms with E-state index >= 15 is 0 Å². The number of hydrogen-bond donors (Lipinski definition) is 0. The first-order chi connectivity index (χ1) is 10.0. The number of Topliss-reactive ketones (excluding diaryl/α,β-unsaturated/α-hetero) is 1. The van der Waals surface area contributed by atoms with Crippen LogP contribution in [0.3, 0.4) is 0 Å². The minimum atomic E-state index is 0.0906. The number of methoxy groups -OCH3 is 1. The van der Waals surface area contributed by atoms with Crippen LogP contribution < -0.4 is 4.74 Å². The minimum absolute atomic E-state index is 0.0906. The lowest BCUT2D eigenvalue weighted by molar-refractivity contribution is 0.0990. The molecule has 0 fully saturated rings. The van der Waals surface area contributed by atoms with Crippen molar-refractivity contribution in [1.29, 1.82) is 0 Å². The first-order valence-electron chi connectivity index (χ1n) is 7.28. The second-order valence-electron chi connectivity index (χ2n) is 5.70. The molecule has 0 aromatic heterocycles. The van der Waals surface area contributed by atoms with Crippen molar-refractivity contribution < 1.29 is 9.53 Å². The van der Waals surface area contributed by atoms with Crippen molar-refractivity contribution in [2.75, 3.05) is 7.11 Å². The number of hydrogen-bond acceptors (Lipinski definition) is 2. The Kier molecular flexibility index (Phi) is 4.79. The first kappa shape index (κ1) is 15.3. The molecule has 0 saturated heterocycles. The third-order valence-corrected chi connectivity index (χ3v) is 3.67. The Balaban J connectivity index is 2.19. The molecule has 0 aliphatic rings. The topological polar surface area (TPSA) is 26.3 Å². The number of carbonyl (C=O) groups excluding carboxylic acids is 1. The van der Waals surface area contributed by atoms with Crippen molar-refractivity contribution in [1.82, 2.24) is 0 Å². The summed E-state index contributed by atoms with van der Waals surface area (Å²) >= 11 is 0. The standard InChI is InChI=1S/C19H22O2/c1-13(2)16-8-6-15(7-9-16)12-18(20)17-11-14(3)5-10-19(17)21-4/h5-11,13H,12H2,1-4H3. The van der Waals surface area contributed by atoms with Crippen molar-refractivity contribution >= 4 is 5.78 Å². The molecule has 0 saturated carbocycles. The zero-order chi connectivity index (χ0) is 15.4. The SMILES string of the molecule is COc1ccc(C)cc1C(=O)Cc1ccc(C(C)C)cc1. The first-order valence-corrected chi connectivity index (χ1v) is 7.28. The van der Waals surface area contributed by atoms with Gasteiger partial charge in [-0.05, 0) is 36.1 Å². The molecule has 0 aliphatic heterocycles. The van der Waals surface area contributed by atoms with Gasteiger partial charge in [0.15, 0.2) is 5.78 Å². The molecule has 2 aromatic carbocycles. The molecule has 0 heterocycles. The van der Waals surface area contributed by atoms with Gasteiger partial charge in [0, 0.05) is 6.42 Å². The van der Waals surface area contributed by atoms with Gasteiger partial charge in [-0.1, -0.05) is 49.7 Å². The van der Waals surface area contributed by atoms with Gasteiger partial charge in [0.05, 0.1) is 12.7 Å². The Morgan fingerprint density at radius 1 is 1.10 bits per heavy atom. The van der Waals surface area contributed by atoms with E-state index < -0.39 is 0 Å². The molecule has 0 N–H and O–H groups in total. The molecule has 2 aromatic rings. The predicted molar refractivity (Wildman–Crippen MR) is 86.3 cm³/mol. The van der Waals surface area contributed by atoms with E-state index in [0.29, 0.717) is 23.7 Å². The summed E-state index contributed by atoms with van der Waals surface area (Å²) < 4.78 is 5.29. The molecule has 0 unspecified atom stereocenters. The van der Waals surface area contributed by atoms with Crippen LogP contribution in [0, 0.1) is 6.92 Å². The van der Waals surface area contributed by atoms with E-state index in [4.69, 9.17) is 4.74 Å². The molecule has 0 aliphatic carbocycles. The molecular weight excluding hydrogens is 260 g/mol. The molecule has 2 heteroatoms. The Bertz CT molecular complexity index is 625. The molecule has 110 valence electrons. The molecule has 0 spiro atoms. The fourth-order valence-corrected chi connectivity index (χ4v) is 2.34. The highest BCUT2D eigenvalue weighted by atomic mass is 16.5. The van der Waals surface area contributed by atoms with Crippen LogP contribution in [0.2, 0.25) is 0 Å². The highest BCUT2D eigenvalue weighted by Crippen LogP contribution is 2.22. The molecular formula is C19H22O2. The fourth-order valence-electron chi connectivity index (χ4n) is 2.34. The Morgan fingerprint density at radius 3 is 2.33 bits per heavy atom. The van der Waals surface area contributed by atoms with Crippen molar-refractivity contribution in [3.63, 3.8) is 0 Å². The van der Waals surface area contributed by atoms with Crippen LogP contribution in [0.5, 0.6) is 5.75 Å². The van der Waals surface area contributed by atoms with Gasteiger partial charge in [-0.2, -0.15) is 0 Å². The largest absolute Gasteiger partial charge is 0.496 e. The monoisotopic (exact) mass is 282 g/mol. The van der Waals surface area contributed by atoms with Crippen molar-refractivity contribution in [3.8, 4) is 5.75 Å². The lowest BCUT2D eigenvalue weighted by Gasteiger charge is -2.10. The summed E-state index contributed by atoms with van der Waals surface area (Å²) in [6.07, 6.45) is 0.401. The van der Waals surface area contributed by atoms with Gasteiger partial charge in [0.25, 0.3) is 0 Å². The summed E-state index contributed by atoms with van der Waals surface area (Å²) in [4.78, 5) is 12.5. The van der Waals surface area contributed by atoms with E-state index in [1.54, 1.807) is 7.11 Å². The average molecular weight is 282 g/mol. The van der Waals surface area contributed by atoms with Crippen LogP contribution in [0.15, 0.2) is 42.5 Å². The summed E-state index contributed by atoms with van der Waals surface area (Å²) in [5.41, 5.74) is 4.05. The van der Waals surface area contributed by atoms with Crippen molar-refractivity contribution in [3.05, 3.63) is 64.7 Å². The third-order valence-electron chi connectivity index (χ3n) is 3.67. The Labute approximate surface area is 126 Å². The molecule has 2 nitrogen and oxygen atoms in total. The number of ether oxygens (including phenoxy) is 1. The van der Waals surface area contributed by atoms with Crippen LogP contribution in [0.25, 0.3) is 0 Å². The molecule has 0 bridgehead atoms. The number of carbonyl (C=O) groups is 1. The van der Waals surface area contributed by atoms with Crippen LogP contribution in [-0.4, -0.2) is 12.9 Å². The maximum absolute atomic E-state index is 12.5. The summed E-state index contributed by atoms with van der Waals surface area (Å²) in [6, 6.07) is 14.0.